The molecule has 0 spiro atoms. The first-order valence-electron chi connectivity index (χ1n) is 13.9. The van der Waals surface area contributed by atoms with E-state index < -0.39 is 22.8 Å². The number of benzene rings is 1. The third kappa shape index (κ3) is 5.36. The zero-order chi connectivity index (χ0) is 25.0. The Balaban J connectivity index is 0.00000190. The topological polar surface area (TPSA) is 0 Å². The van der Waals surface area contributed by atoms with Crippen LogP contribution in [-0.4, -0.2) is 3.21 Å². The fourth-order valence-electron chi connectivity index (χ4n) is 6.73. The molecule has 199 valence electrons. The van der Waals surface area contributed by atoms with Crippen LogP contribution in [0.3, 0.4) is 0 Å². The molecule has 1 unspecified atom stereocenters. The second-order valence-electron chi connectivity index (χ2n) is 13.0. The molecule has 0 aromatic heterocycles. The van der Waals surface area contributed by atoms with Crippen molar-refractivity contribution < 1.29 is 22.8 Å². The molecule has 4 aliphatic rings. The van der Waals surface area contributed by atoms with Crippen LogP contribution < -0.4 is 10.4 Å². The van der Waals surface area contributed by atoms with E-state index in [-0.39, 0.29) is 41.1 Å². The molecule has 1 saturated carbocycles. The molecule has 0 nitrogen and oxygen atoms in total. The van der Waals surface area contributed by atoms with Crippen molar-refractivity contribution >= 4 is 39.7 Å². The van der Waals surface area contributed by atoms with Crippen molar-refractivity contribution in [1.29, 1.82) is 0 Å². The van der Waals surface area contributed by atoms with Gasteiger partial charge in [0.1, 0.15) is 0 Å². The van der Waals surface area contributed by atoms with E-state index in [1.807, 2.05) is 6.49 Å². The minimum absolute atomic E-state index is 0. The molecule has 1 fully saturated rings. The van der Waals surface area contributed by atoms with E-state index in [0.29, 0.717) is 0 Å². The number of allylic oxidation sites excluding steroid dienone is 8. The SMILES string of the molecule is CCC1=C(C2(C(C)(C)C)C=CC3=c4ccc(C(C)(C)C)cc4=CC3=[C]2[Zr]=[C]2CCCCC2)CC=C1.Cl.Cl. The van der Waals surface area contributed by atoms with E-state index in [1.165, 1.54) is 53.7 Å². The first kappa shape index (κ1) is 30.8. The van der Waals surface area contributed by atoms with E-state index in [2.05, 4.69) is 97.0 Å². The number of fused-ring (bicyclic) bond motifs is 2. The summed E-state index contributed by atoms with van der Waals surface area (Å²) in [4.78, 5) is 0. The van der Waals surface area contributed by atoms with E-state index >= 15 is 0 Å². The average Bonchev–Trinajstić information content (AvgIpc) is 3.43. The minimum Gasteiger partial charge on any atom is -0.147 e. The summed E-state index contributed by atoms with van der Waals surface area (Å²) in [6.45, 7) is 16.9. The van der Waals surface area contributed by atoms with E-state index in [9.17, 15) is 0 Å². The molecule has 3 heteroatoms. The fraction of sp³-hybridized carbons (Fsp3) is 0.500. The second kappa shape index (κ2) is 11.4. The van der Waals surface area contributed by atoms with Crippen LogP contribution in [0.2, 0.25) is 0 Å². The summed E-state index contributed by atoms with van der Waals surface area (Å²) in [5.41, 5.74) is 8.19. The number of hydrogen-bond donors (Lipinski definition) is 0. The largest absolute Gasteiger partial charge is 0.147 e. The molecule has 4 aliphatic carbocycles. The number of halogens is 2. The predicted molar refractivity (Wildman–Crippen MR) is 164 cm³/mol. The molecule has 1 atom stereocenters. The number of rotatable bonds is 3. The minimum atomic E-state index is -0.872. The van der Waals surface area contributed by atoms with Gasteiger partial charge in [0.25, 0.3) is 0 Å². The first-order chi connectivity index (χ1) is 16.6. The third-order valence-electron chi connectivity index (χ3n) is 8.79. The maximum absolute atomic E-state index is 2.67. The van der Waals surface area contributed by atoms with Crippen LogP contribution in [0.15, 0.2) is 62.5 Å². The van der Waals surface area contributed by atoms with Crippen LogP contribution in [0.1, 0.15) is 99.0 Å². The Morgan fingerprint density at radius 2 is 1.59 bits per heavy atom. The van der Waals surface area contributed by atoms with Crippen molar-refractivity contribution in [3.63, 3.8) is 0 Å². The van der Waals surface area contributed by atoms with Crippen molar-refractivity contribution in [1.82, 2.24) is 0 Å². The van der Waals surface area contributed by atoms with E-state index in [4.69, 9.17) is 0 Å². The van der Waals surface area contributed by atoms with Gasteiger partial charge in [-0.1, -0.05) is 0 Å². The van der Waals surface area contributed by atoms with Crippen LogP contribution in [0.25, 0.3) is 11.6 Å². The van der Waals surface area contributed by atoms with Gasteiger partial charge in [0, 0.05) is 0 Å². The quantitative estimate of drug-likeness (QED) is 0.320. The smallest absolute Gasteiger partial charge is 0.147 e. The molecule has 0 radical (unpaired) electrons. The normalized spacial score (nSPS) is 22.8. The van der Waals surface area contributed by atoms with Gasteiger partial charge in [-0.05, 0) is 0 Å². The van der Waals surface area contributed by atoms with Crippen molar-refractivity contribution in [2.24, 2.45) is 10.8 Å². The van der Waals surface area contributed by atoms with Crippen LogP contribution >= 0.6 is 24.8 Å². The second-order valence-corrected chi connectivity index (χ2v) is 16.6. The molecule has 1 aromatic rings. The molecule has 0 bridgehead atoms. The fourth-order valence-corrected chi connectivity index (χ4v) is 11.9. The summed E-state index contributed by atoms with van der Waals surface area (Å²) < 4.78 is 3.80. The van der Waals surface area contributed by atoms with Gasteiger partial charge in [0.15, 0.2) is 0 Å². The van der Waals surface area contributed by atoms with E-state index in [0.717, 1.165) is 12.8 Å². The van der Waals surface area contributed by atoms with Crippen molar-refractivity contribution in [3.8, 4) is 0 Å². The van der Waals surface area contributed by atoms with Gasteiger partial charge in [0.05, 0.1) is 0 Å². The Hall–Kier alpha value is -0.747. The molecule has 37 heavy (non-hydrogen) atoms. The first-order valence-corrected chi connectivity index (χ1v) is 16.3. The predicted octanol–water partition coefficient (Wildman–Crippen LogP) is 8.51. The van der Waals surface area contributed by atoms with Crippen molar-refractivity contribution in [2.45, 2.75) is 98.8 Å². The zero-order valence-corrected chi connectivity index (χ0v) is 28.0. The molecular formula is C34H45Cl2Zr. The van der Waals surface area contributed by atoms with Crippen LogP contribution in [0, 0.1) is 10.8 Å². The van der Waals surface area contributed by atoms with Gasteiger partial charge < -0.3 is 0 Å². The van der Waals surface area contributed by atoms with Gasteiger partial charge in [0.2, 0.25) is 0 Å². The molecule has 0 aliphatic heterocycles. The van der Waals surface area contributed by atoms with Gasteiger partial charge in [-0.3, -0.25) is 0 Å². The molecule has 0 N–H and O–H groups in total. The average molecular weight is 616 g/mol. The summed E-state index contributed by atoms with van der Waals surface area (Å²) in [5.74, 6) is 0. The van der Waals surface area contributed by atoms with Crippen molar-refractivity contribution in [3.05, 3.63) is 78.5 Å². The molecule has 0 amide bonds. The third-order valence-corrected chi connectivity index (χ3v) is 13.1. The van der Waals surface area contributed by atoms with Gasteiger partial charge in [-0.25, -0.2) is 0 Å². The van der Waals surface area contributed by atoms with Crippen molar-refractivity contribution in [2.75, 3.05) is 0 Å². The molecule has 5 rings (SSSR count). The molecular weight excluding hydrogens is 571 g/mol. The monoisotopic (exact) mass is 613 g/mol. The molecule has 0 saturated heterocycles. The summed E-state index contributed by atoms with van der Waals surface area (Å²) in [7, 11) is 0. The summed E-state index contributed by atoms with van der Waals surface area (Å²) in [6, 6.07) is 7.26. The maximum atomic E-state index is 2.67. The van der Waals surface area contributed by atoms with Crippen LogP contribution in [-0.2, 0) is 28.2 Å². The van der Waals surface area contributed by atoms with Gasteiger partial charge >= 0.3 is 226 Å². The van der Waals surface area contributed by atoms with Crippen LogP contribution in [0.5, 0.6) is 0 Å². The Labute approximate surface area is 249 Å². The van der Waals surface area contributed by atoms with Gasteiger partial charge in [-0.2, -0.15) is 0 Å². The molecule has 1 aromatic carbocycles. The zero-order valence-electron chi connectivity index (χ0n) is 23.9. The standard InChI is InChI=1S/C28H33.C6H10.2ClH.Zr/c1-8-19-10-9-11-25(19)28(27(5,6)7)15-14-24-21(18-28)16-20-17-22(26(2,3)4)12-13-23(20)24;1-2-4-6-5-3-1;;;/h9-10,12-17H,8,11H2,1-7H3;1-5H2;2*1H;. The molecule has 0 heterocycles. The maximum Gasteiger partial charge on any atom is -0.147 e. The van der Waals surface area contributed by atoms with Crippen LogP contribution in [0.4, 0.5) is 0 Å². The Morgan fingerprint density at radius 3 is 2.22 bits per heavy atom. The number of hydrogen-bond acceptors (Lipinski definition) is 0. The Kier molecular flexibility index (Phi) is 9.48. The summed E-state index contributed by atoms with van der Waals surface area (Å²) >= 11 is -0.872. The summed E-state index contributed by atoms with van der Waals surface area (Å²) in [5, 5.41) is 2.89. The van der Waals surface area contributed by atoms with E-state index in [1.54, 1.807) is 16.7 Å². The summed E-state index contributed by atoms with van der Waals surface area (Å²) in [6.07, 6.45) is 21.9. The Bertz CT molecular complexity index is 1330. The Morgan fingerprint density at radius 1 is 0.892 bits per heavy atom. The van der Waals surface area contributed by atoms with Gasteiger partial charge in [-0.15, -0.1) is 24.8 Å².